The van der Waals surface area contributed by atoms with E-state index in [1.807, 2.05) is 6.92 Å². The lowest BCUT2D eigenvalue weighted by molar-refractivity contribution is -0.113. The summed E-state index contributed by atoms with van der Waals surface area (Å²) in [6.45, 7) is 12.1. The maximum atomic E-state index is 13.1. The van der Waals surface area contributed by atoms with Gasteiger partial charge in [-0.3, -0.25) is 9.36 Å². The molecule has 2 aromatic rings. The van der Waals surface area contributed by atoms with Crippen molar-refractivity contribution < 1.29 is 9.53 Å². The zero-order valence-corrected chi connectivity index (χ0v) is 22.2. The summed E-state index contributed by atoms with van der Waals surface area (Å²) in [4.78, 5) is 15.3. The average molecular weight is 500 g/mol. The van der Waals surface area contributed by atoms with Gasteiger partial charge in [-0.15, -0.1) is 10.2 Å². The van der Waals surface area contributed by atoms with Crippen LogP contribution in [0.5, 0.6) is 0 Å². The van der Waals surface area contributed by atoms with Crippen LogP contribution in [0, 0.1) is 31.1 Å². The molecule has 2 fully saturated rings. The smallest absolute Gasteiger partial charge is 0.235 e. The van der Waals surface area contributed by atoms with E-state index in [4.69, 9.17) is 4.74 Å². The number of hydrogen-bond acceptors (Lipinski definition) is 7. The molecule has 0 aromatic carbocycles. The van der Waals surface area contributed by atoms with Crippen molar-refractivity contribution in [1.29, 1.82) is 5.26 Å². The number of nitriles is 1. The fourth-order valence-electron chi connectivity index (χ4n) is 5.09. The molecule has 1 aliphatic heterocycles. The first-order chi connectivity index (χ1) is 16.9. The van der Waals surface area contributed by atoms with Crippen molar-refractivity contribution in [3.05, 3.63) is 16.8 Å². The number of nitrogens with one attached hydrogen (secondary N) is 1. The van der Waals surface area contributed by atoms with E-state index in [0.29, 0.717) is 36.6 Å². The van der Waals surface area contributed by atoms with Crippen LogP contribution in [0.4, 0.5) is 11.8 Å². The van der Waals surface area contributed by atoms with E-state index in [9.17, 15) is 10.1 Å². The van der Waals surface area contributed by atoms with Gasteiger partial charge < -0.3 is 19.5 Å². The predicted molar refractivity (Wildman–Crippen MR) is 138 cm³/mol. The number of hydrogen-bond donors (Lipinski definition) is 1. The van der Waals surface area contributed by atoms with E-state index in [2.05, 4.69) is 56.4 Å². The van der Waals surface area contributed by atoms with Crippen LogP contribution < -0.4 is 10.2 Å². The normalized spacial score (nSPS) is 17.1. The minimum Gasteiger partial charge on any atom is -0.378 e. The number of rotatable bonds is 8. The second-order valence-electron chi connectivity index (χ2n) is 9.93. The molecule has 2 aromatic heterocycles. The van der Waals surface area contributed by atoms with Gasteiger partial charge in [0.1, 0.15) is 11.9 Å². The van der Waals surface area contributed by atoms with Gasteiger partial charge in [-0.2, -0.15) is 5.26 Å². The molecule has 0 bridgehead atoms. The van der Waals surface area contributed by atoms with Crippen LogP contribution in [0.15, 0.2) is 5.16 Å². The zero-order chi connectivity index (χ0) is 24.9. The molecule has 3 heterocycles. The van der Waals surface area contributed by atoms with Gasteiger partial charge in [0.2, 0.25) is 11.9 Å². The van der Waals surface area contributed by atoms with Gasteiger partial charge in [0.15, 0.2) is 5.16 Å². The maximum absolute atomic E-state index is 13.1. The summed E-state index contributed by atoms with van der Waals surface area (Å²) in [6, 6.07) is 2.66. The number of morpholine rings is 1. The average Bonchev–Trinajstić information content (AvgIpc) is 3.35. The molecule has 0 radical (unpaired) electrons. The molecule has 0 atom stereocenters. The van der Waals surface area contributed by atoms with Crippen LogP contribution in [0.1, 0.15) is 68.8 Å². The molecule has 1 aliphatic carbocycles. The highest BCUT2D eigenvalue weighted by molar-refractivity contribution is 7.99. The summed E-state index contributed by atoms with van der Waals surface area (Å²) in [6.07, 6.45) is 5.79. The highest BCUT2D eigenvalue weighted by atomic mass is 32.2. The Hall–Kier alpha value is -2.51. The van der Waals surface area contributed by atoms with Crippen LogP contribution in [-0.2, 0) is 16.1 Å². The Labute approximate surface area is 212 Å². The first-order valence-electron chi connectivity index (χ1n) is 12.7. The molecule has 35 heavy (non-hydrogen) atoms. The van der Waals surface area contributed by atoms with Gasteiger partial charge in [0.25, 0.3) is 0 Å². The van der Waals surface area contributed by atoms with E-state index in [1.165, 1.54) is 31.0 Å². The topological polar surface area (TPSA) is 101 Å². The molecule has 0 spiro atoms. The Bertz CT molecular complexity index is 1070. The molecular formula is C25H37N7O2S. The van der Waals surface area contributed by atoms with Crippen molar-refractivity contribution in [3.63, 3.8) is 0 Å². The molecule has 2 aliphatic rings. The van der Waals surface area contributed by atoms with Crippen molar-refractivity contribution in [3.8, 4) is 6.07 Å². The van der Waals surface area contributed by atoms with Gasteiger partial charge in [-0.1, -0.05) is 44.9 Å². The lowest BCUT2D eigenvalue weighted by Crippen LogP contribution is -2.38. The lowest BCUT2D eigenvalue weighted by atomic mass is 9.95. The summed E-state index contributed by atoms with van der Waals surface area (Å²) in [5.41, 5.74) is 2.60. The Balaban J connectivity index is 1.50. The third-order valence-electron chi connectivity index (χ3n) is 6.94. The van der Waals surface area contributed by atoms with Crippen molar-refractivity contribution in [2.75, 3.05) is 42.3 Å². The van der Waals surface area contributed by atoms with Gasteiger partial charge in [0, 0.05) is 31.4 Å². The number of amides is 1. The van der Waals surface area contributed by atoms with Crippen molar-refractivity contribution in [1.82, 2.24) is 19.3 Å². The summed E-state index contributed by atoms with van der Waals surface area (Å²) in [5.74, 6) is 1.99. The molecular weight excluding hydrogens is 462 g/mol. The number of carbonyl (C=O) groups excluding carboxylic acids is 1. The number of thioether (sulfide) groups is 1. The van der Waals surface area contributed by atoms with Crippen molar-refractivity contribution in [2.24, 2.45) is 5.92 Å². The second kappa shape index (κ2) is 11.5. The number of nitrogens with zero attached hydrogens (tertiary/aromatic N) is 6. The largest absolute Gasteiger partial charge is 0.378 e. The van der Waals surface area contributed by atoms with Crippen molar-refractivity contribution >= 4 is 29.4 Å². The third-order valence-corrected chi connectivity index (χ3v) is 7.90. The lowest BCUT2D eigenvalue weighted by Gasteiger charge is -2.28. The minimum atomic E-state index is -0.131. The number of anilines is 2. The van der Waals surface area contributed by atoms with E-state index < -0.39 is 0 Å². The van der Waals surface area contributed by atoms with E-state index in [-0.39, 0.29) is 11.7 Å². The Kier molecular flexibility index (Phi) is 8.39. The van der Waals surface area contributed by atoms with Gasteiger partial charge in [-0.25, -0.2) is 0 Å². The molecule has 10 heteroatoms. The summed E-state index contributed by atoms with van der Waals surface area (Å²) in [7, 11) is 0. The van der Waals surface area contributed by atoms with Crippen molar-refractivity contribution in [2.45, 2.75) is 77.5 Å². The SMILES string of the molecule is Cc1c(C#N)c(NC(=O)CSc2nnc(N3CCOCC3)n2CC(C)C)n(C2CCCCC2)c1C. The number of ether oxygens (including phenoxy) is 1. The van der Waals surface area contributed by atoms with Crippen LogP contribution in [0.2, 0.25) is 0 Å². The fraction of sp³-hybridized carbons (Fsp3) is 0.680. The molecule has 190 valence electrons. The van der Waals surface area contributed by atoms with Crippen LogP contribution >= 0.6 is 11.8 Å². The minimum absolute atomic E-state index is 0.131. The third kappa shape index (κ3) is 5.67. The Morgan fingerprint density at radius 3 is 2.57 bits per heavy atom. The first kappa shape index (κ1) is 25.6. The summed E-state index contributed by atoms with van der Waals surface area (Å²) >= 11 is 1.39. The summed E-state index contributed by atoms with van der Waals surface area (Å²) < 4.78 is 9.81. The quantitative estimate of drug-likeness (QED) is 0.541. The van der Waals surface area contributed by atoms with Crippen LogP contribution in [-0.4, -0.2) is 57.3 Å². The van der Waals surface area contributed by atoms with Gasteiger partial charge in [-0.05, 0) is 38.2 Å². The van der Waals surface area contributed by atoms with E-state index in [1.54, 1.807) is 0 Å². The zero-order valence-electron chi connectivity index (χ0n) is 21.3. The monoisotopic (exact) mass is 499 g/mol. The molecule has 1 N–H and O–H groups in total. The van der Waals surface area contributed by atoms with Gasteiger partial charge in [0.05, 0.1) is 24.5 Å². The molecule has 0 unspecified atom stereocenters. The highest BCUT2D eigenvalue weighted by Gasteiger charge is 2.26. The maximum Gasteiger partial charge on any atom is 0.235 e. The molecule has 1 saturated heterocycles. The van der Waals surface area contributed by atoms with E-state index >= 15 is 0 Å². The number of carbonyl (C=O) groups is 1. The highest BCUT2D eigenvalue weighted by Crippen LogP contribution is 2.37. The molecule has 9 nitrogen and oxygen atoms in total. The van der Waals surface area contributed by atoms with Crippen LogP contribution in [0.3, 0.4) is 0 Å². The van der Waals surface area contributed by atoms with E-state index in [0.717, 1.165) is 54.8 Å². The first-order valence-corrected chi connectivity index (χ1v) is 13.7. The second-order valence-corrected chi connectivity index (χ2v) is 10.9. The van der Waals surface area contributed by atoms with Gasteiger partial charge >= 0.3 is 0 Å². The molecule has 1 amide bonds. The molecule has 1 saturated carbocycles. The fourth-order valence-corrected chi connectivity index (χ4v) is 5.83. The molecule has 4 rings (SSSR count). The Morgan fingerprint density at radius 2 is 1.91 bits per heavy atom. The number of aromatic nitrogens is 4. The Morgan fingerprint density at radius 1 is 1.20 bits per heavy atom. The summed E-state index contributed by atoms with van der Waals surface area (Å²) in [5, 5.41) is 22.6. The standard InChI is InChI=1S/C25H37N7O2S/c1-17(2)15-31-24(30-10-12-34-13-11-30)28-29-25(31)35-16-22(33)27-23-21(14-26)18(3)19(4)32(23)20-8-6-5-7-9-20/h17,20H,5-13,15-16H2,1-4H3,(H,27,33). The predicted octanol–water partition coefficient (Wildman–Crippen LogP) is 4.30. The van der Waals surface area contributed by atoms with Crippen LogP contribution in [0.25, 0.3) is 0 Å².